The van der Waals surface area contributed by atoms with E-state index in [4.69, 9.17) is 5.11 Å². The number of carboxylic acids is 1. The molecule has 0 fully saturated rings. The van der Waals surface area contributed by atoms with E-state index in [1.54, 1.807) is 5.38 Å². The molecule has 3 nitrogen and oxygen atoms in total. The van der Waals surface area contributed by atoms with Crippen molar-refractivity contribution in [3.8, 4) is 11.3 Å². The van der Waals surface area contributed by atoms with Crippen LogP contribution < -0.4 is 0 Å². The predicted octanol–water partition coefficient (Wildman–Crippen LogP) is 3.27. The molecule has 0 radical (unpaired) electrons. The van der Waals surface area contributed by atoms with Crippen molar-refractivity contribution in [3.63, 3.8) is 0 Å². The van der Waals surface area contributed by atoms with Crippen molar-refractivity contribution in [3.05, 3.63) is 39.1 Å². The number of aromatic nitrogens is 1. The van der Waals surface area contributed by atoms with Gasteiger partial charge in [-0.3, -0.25) is 0 Å². The number of carboxylic acid groups (broad SMARTS) is 1. The summed E-state index contributed by atoms with van der Waals surface area (Å²) < 4.78 is 0.986. The van der Waals surface area contributed by atoms with Crippen LogP contribution in [0.2, 0.25) is 0 Å². The Hall–Kier alpha value is -1.20. The fourth-order valence-electron chi connectivity index (χ4n) is 1.13. The van der Waals surface area contributed by atoms with E-state index in [0.717, 1.165) is 21.4 Å². The number of benzene rings is 1. The highest BCUT2D eigenvalue weighted by Crippen LogP contribution is 2.23. The zero-order chi connectivity index (χ0) is 10.8. The van der Waals surface area contributed by atoms with Gasteiger partial charge in [-0.15, -0.1) is 11.3 Å². The molecule has 0 amide bonds. The van der Waals surface area contributed by atoms with E-state index in [0.29, 0.717) is 5.69 Å². The SMILES string of the molecule is O=C(O)c1nc(-c2ccc(Br)cc2)cs1. The van der Waals surface area contributed by atoms with Gasteiger partial charge in [0.25, 0.3) is 0 Å². The van der Waals surface area contributed by atoms with Gasteiger partial charge in [0.05, 0.1) is 5.69 Å². The summed E-state index contributed by atoms with van der Waals surface area (Å²) in [6.07, 6.45) is 0. The van der Waals surface area contributed by atoms with Gasteiger partial charge in [-0.1, -0.05) is 28.1 Å². The number of thiazole rings is 1. The van der Waals surface area contributed by atoms with Gasteiger partial charge < -0.3 is 5.11 Å². The van der Waals surface area contributed by atoms with E-state index in [1.165, 1.54) is 0 Å². The van der Waals surface area contributed by atoms with Gasteiger partial charge in [0.1, 0.15) is 0 Å². The highest BCUT2D eigenvalue weighted by Gasteiger charge is 2.09. The maximum atomic E-state index is 10.6. The minimum absolute atomic E-state index is 0.118. The number of hydrogen-bond donors (Lipinski definition) is 1. The standard InChI is InChI=1S/C10H6BrNO2S/c11-7-3-1-6(2-4-7)8-5-15-9(12-8)10(13)14/h1-5H,(H,13,14). The van der Waals surface area contributed by atoms with Gasteiger partial charge >= 0.3 is 5.97 Å². The van der Waals surface area contributed by atoms with Crippen LogP contribution in [0.1, 0.15) is 9.80 Å². The molecule has 76 valence electrons. The lowest BCUT2D eigenvalue weighted by molar-refractivity contribution is 0.0696. The molecule has 1 aromatic carbocycles. The predicted molar refractivity (Wildman–Crippen MR) is 62.2 cm³/mol. The van der Waals surface area contributed by atoms with Crippen LogP contribution >= 0.6 is 27.3 Å². The van der Waals surface area contributed by atoms with E-state index in [2.05, 4.69) is 20.9 Å². The van der Waals surface area contributed by atoms with E-state index in [-0.39, 0.29) is 5.01 Å². The summed E-state index contributed by atoms with van der Waals surface area (Å²) in [6, 6.07) is 7.58. The average molecular weight is 284 g/mol. The third-order valence-electron chi connectivity index (χ3n) is 1.83. The largest absolute Gasteiger partial charge is 0.476 e. The first kappa shape index (κ1) is 10.3. The molecule has 0 saturated carbocycles. The van der Waals surface area contributed by atoms with E-state index >= 15 is 0 Å². The van der Waals surface area contributed by atoms with Crippen molar-refractivity contribution >= 4 is 33.2 Å². The summed E-state index contributed by atoms with van der Waals surface area (Å²) in [5.41, 5.74) is 1.62. The third kappa shape index (κ3) is 2.24. The zero-order valence-electron chi connectivity index (χ0n) is 7.48. The maximum absolute atomic E-state index is 10.6. The molecule has 0 aliphatic carbocycles. The average Bonchev–Trinajstić information content (AvgIpc) is 2.68. The van der Waals surface area contributed by atoms with Crippen molar-refractivity contribution in [1.29, 1.82) is 0 Å². The molecule has 15 heavy (non-hydrogen) atoms. The minimum Gasteiger partial charge on any atom is -0.476 e. The molecule has 0 spiro atoms. The number of nitrogens with zero attached hydrogens (tertiary/aromatic N) is 1. The Kier molecular flexibility index (Phi) is 2.83. The molecule has 0 bridgehead atoms. The Balaban J connectivity index is 2.37. The summed E-state index contributed by atoms with van der Waals surface area (Å²) in [4.78, 5) is 14.7. The fourth-order valence-corrected chi connectivity index (χ4v) is 2.05. The molecule has 1 heterocycles. The Labute approximate surface area is 98.5 Å². The third-order valence-corrected chi connectivity index (χ3v) is 3.19. The van der Waals surface area contributed by atoms with Gasteiger partial charge in [0.15, 0.2) is 0 Å². The van der Waals surface area contributed by atoms with Crippen LogP contribution in [0.4, 0.5) is 0 Å². The Morgan fingerprint density at radius 3 is 2.53 bits per heavy atom. The second-order valence-corrected chi connectivity index (χ2v) is 4.62. The van der Waals surface area contributed by atoms with Gasteiger partial charge in [-0.2, -0.15) is 0 Å². The summed E-state index contributed by atoms with van der Waals surface area (Å²) >= 11 is 4.47. The van der Waals surface area contributed by atoms with Gasteiger partial charge in [0, 0.05) is 15.4 Å². The van der Waals surface area contributed by atoms with Crippen LogP contribution in [0.15, 0.2) is 34.1 Å². The number of halogens is 1. The first-order valence-electron chi connectivity index (χ1n) is 4.11. The molecule has 0 aliphatic rings. The van der Waals surface area contributed by atoms with E-state index in [1.807, 2.05) is 24.3 Å². The Morgan fingerprint density at radius 1 is 1.33 bits per heavy atom. The van der Waals surface area contributed by atoms with Crippen LogP contribution in [0, 0.1) is 0 Å². The Bertz CT molecular complexity index is 492. The summed E-state index contributed by atoms with van der Waals surface area (Å²) in [5.74, 6) is -0.983. The normalized spacial score (nSPS) is 10.2. The molecule has 2 aromatic rings. The summed E-state index contributed by atoms with van der Waals surface area (Å²) in [6.45, 7) is 0. The quantitative estimate of drug-likeness (QED) is 0.920. The maximum Gasteiger partial charge on any atom is 0.365 e. The highest BCUT2D eigenvalue weighted by molar-refractivity contribution is 9.10. The summed E-state index contributed by atoms with van der Waals surface area (Å²) in [7, 11) is 0. The van der Waals surface area contributed by atoms with Crippen LogP contribution in [-0.4, -0.2) is 16.1 Å². The monoisotopic (exact) mass is 283 g/mol. The molecular formula is C10H6BrNO2S. The Morgan fingerprint density at radius 2 is 2.00 bits per heavy atom. The molecule has 5 heteroatoms. The lowest BCUT2D eigenvalue weighted by Gasteiger charge is -1.95. The smallest absolute Gasteiger partial charge is 0.365 e. The zero-order valence-corrected chi connectivity index (χ0v) is 9.88. The molecule has 1 aromatic heterocycles. The molecule has 2 rings (SSSR count). The van der Waals surface area contributed by atoms with Crippen LogP contribution in [-0.2, 0) is 0 Å². The second-order valence-electron chi connectivity index (χ2n) is 2.85. The molecule has 0 atom stereocenters. The number of carbonyl (C=O) groups is 1. The van der Waals surface area contributed by atoms with Crippen molar-refractivity contribution in [2.75, 3.05) is 0 Å². The molecule has 0 aliphatic heterocycles. The van der Waals surface area contributed by atoms with Crippen molar-refractivity contribution < 1.29 is 9.90 Å². The van der Waals surface area contributed by atoms with Crippen molar-refractivity contribution in [2.45, 2.75) is 0 Å². The lowest BCUT2D eigenvalue weighted by Crippen LogP contribution is -1.94. The number of rotatable bonds is 2. The second kappa shape index (κ2) is 4.12. The molecular weight excluding hydrogens is 278 g/mol. The summed E-state index contributed by atoms with van der Waals surface area (Å²) in [5, 5.41) is 10.6. The first-order chi connectivity index (χ1) is 7.16. The van der Waals surface area contributed by atoms with Crippen molar-refractivity contribution in [2.24, 2.45) is 0 Å². The number of hydrogen-bond acceptors (Lipinski definition) is 3. The van der Waals surface area contributed by atoms with E-state index < -0.39 is 5.97 Å². The van der Waals surface area contributed by atoms with E-state index in [9.17, 15) is 4.79 Å². The van der Waals surface area contributed by atoms with Crippen LogP contribution in [0.25, 0.3) is 11.3 Å². The molecule has 1 N–H and O–H groups in total. The van der Waals surface area contributed by atoms with Gasteiger partial charge in [0.2, 0.25) is 5.01 Å². The molecule has 0 saturated heterocycles. The van der Waals surface area contributed by atoms with Crippen LogP contribution in [0.3, 0.4) is 0 Å². The molecule has 0 unspecified atom stereocenters. The minimum atomic E-state index is -0.983. The van der Waals surface area contributed by atoms with Gasteiger partial charge in [-0.25, -0.2) is 9.78 Å². The van der Waals surface area contributed by atoms with Crippen molar-refractivity contribution in [1.82, 2.24) is 4.98 Å². The topological polar surface area (TPSA) is 50.2 Å². The first-order valence-corrected chi connectivity index (χ1v) is 5.79. The highest BCUT2D eigenvalue weighted by atomic mass is 79.9. The number of aromatic carboxylic acids is 1. The van der Waals surface area contributed by atoms with Gasteiger partial charge in [-0.05, 0) is 12.1 Å². The lowest BCUT2D eigenvalue weighted by atomic mass is 10.2. The fraction of sp³-hybridized carbons (Fsp3) is 0. The van der Waals surface area contributed by atoms with Crippen LogP contribution in [0.5, 0.6) is 0 Å².